The summed E-state index contributed by atoms with van der Waals surface area (Å²) in [6, 6.07) is 8.07. The van der Waals surface area contributed by atoms with Crippen molar-refractivity contribution in [2.24, 2.45) is 5.92 Å². The van der Waals surface area contributed by atoms with Crippen molar-refractivity contribution in [3.63, 3.8) is 0 Å². The number of rotatable bonds is 3. The molecule has 1 atom stereocenters. The Labute approximate surface area is 142 Å². The standard InChI is InChI=1S/C18H23N3O3/c1-13-3-5-14(6-4-13)10-21-11-15(9-16(21)22)18(24)20-8-7-19(2)17(23)12-20/h3-6,15H,7-12H2,1-2H3/t15-/m1/s1. The van der Waals surface area contributed by atoms with E-state index in [1.54, 1.807) is 21.7 Å². The molecule has 128 valence electrons. The topological polar surface area (TPSA) is 60.9 Å². The van der Waals surface area contributed by atoms with Crippen molar-refractivity contribution in [2.45, 2.75) is 19.9 Å². The van der Waals surface area contributed by atoms with Crippen LogP contribution in [-0.4, -0.2) is 65.6 Å². The highest BCUT2D eigenvalue weighted by atomic mass is 16.2. The molecular formula is C18H23N3O3. The van der Waals surface area contributed by atoms with Gasteiger partial charge in [0.15, 0.2) is 0 Å². The Hall–Kier alpha value is -2.37. The Bertz CT molecular complexity index is 656. The molecule has 0 unspecified atom stereocenters. The smallest absolute Gasteiger partial charge is 0.241 e. The first-order valence-corrected chi connectivity index (χ1v) is 8.30. The van der Waals surface area contributed by atoms with E-state index >= 15 is 0 Å². The summed E-state index contributed by atoms with van der Waals surface area (Å²) in [6.07, 6.45) is 0.241. The third kappa shape index (κ3) is 3.42. The predicted octanol–water partition coefficient (Wildman–Crippen LogP) is 0.644. The lowest BCUT2D eigenvalue weighted by atomic mass is 10.1. The van der Waals surface area contributed by atoms with Crippen LogP contribution in [0.1, 0.15) is 17.5 Å². The number of carbonyl (C=O) groups is 3. The van der Waals surface area contributed by atoms with Gasteiger partial charge in [-0.05, 0) is 12.5 Å². The van der Waals surface area contributed by atoms with Crippen LogP contribution in [-0.2, 0) is 20.9 Å². The van der Waals surface area contributed by atoms with Gasteiger partial charge in [0, 0.05) is 39.6 Å². The zero-order valence-electron chi connectivity index (χ0n) is 14.2. The van der Waals surface area contributed by atoms with E-state index in [9.17, 15) is 14.4 Å². The fourth-order valence-electron chi connectivity index (χ4n) is 3.21. The lowest BCUT2D eigenvalue weighted by molar-refractivity contribution is -0.146. The van der Waals surface area contributed by atoms with Crippen molar-refractivity contribution in [3.8, 4) is 0 Å². The van der Waals surface area contributed by atoms with Gasteiger partial charge in [0.05, 0.1) is 12.5 Å². The molecule has 0 aromatic heterocycles. The molecule has 3 rings (SSSR count). The number of benzene rings is 1. The van der Waals surface area contributed by atoms with Gasteiger partial charge in [0.1, 0.15) is 0 Å². The lowest BCUT2D eigenvalue weighted by Crippen LogP contribution is -2.52. The molecule has 0 saturated carbocycles. The van der Waals surface area contributed by atoms with Crippen molar-refractivity contribution in [3.05, 3.63) is 35.4 Å². The molecule has 0 radical (unpaired) electrons. The van der Waals surface area contributed by atoms with Crippen molar-refractivity contribution >= 4 is 17.7 Å². The van der Waals surface area contributed by atoms with E-state index in [-0.39, 0.29) is 36.6 Å². The lowest BCUT2D eigenvalue weighted by Gasteiger charge is -2.33. The van der Waals surface area contributed by atoms with E-state index in [0.717, 1.165) is 5.56 Å². The van der Waals surface area contributed by atoms with Crippen molar-refractivity contribution in [1.29, 1.82) is 0 Å². The average Bonchev–Trinajstić information content (AvgIpc) is 2.92. The number of piperazine rings is 1. The molecule has 24 heavy (non-hydrogen) atoms. The highest BCUT2D eigenvalue weighted by molar-refractivity contribution is 5.92. The van der Waals surface area contributed by atoms with Gasteiger partial charge < -0.3 is 14.7 Å². The van der Waals surface area contributed by atoms with Crippen molar-refractivity contribution in [2.75, 3.05) is 33.2 Å². The number of carbonyl (C=O) groups excluding carboxylic acids is 3. The number of aryl methyl sites for hydroxylation is 1. The normalized spacial score (nSPS) is 21.6. The summed E-state index contributed by atoms with van der Waals surface area (Å²) in [5, 5.41) is 0. The first-order chi connectivity index (χ1) is 11.4. The molecule has 0 bridgehead atoms. The summed E-state index contributed by atoms with van der Waals surface area (Å²) >= 11 is 0. The van der Waals surface area contributed by atoms with Gasteiger partial charge in [-0.25, -0.2) is 0 Å². The molecule has 2 saturated heterocycles. The van der Waals surface area contributed by atoms with Gasteiger partial charge in [-0.1, -0.05) is 29.8 Å². The minimum Gasteiger partial charge on any atom is -0.342 e. The van der Waals surface area contributed by atoms with E-state index in [4.69, 9.17) is 0 Å². The predicted molar refractivity (Wildman–Crippen MR) is 88.9 cm³/mol. The van der Waals surface area contributed by atoms with Gasteiger partial charge in [0.2, 0.25) is 17.7 Å². The molecule has 3 amide bonds. The first-order valence-electron chi connectivity index (χ1n) is 8.30. The molecule has 0 spiro atoms. The van der Waals surface area contributed by atoms with Gasteiger partial charge in [-0.15, -0.1) is 0 Å². The summed E-state index contributed by atoms with van der Waals surface area (Å²) in [5.74, 6) is -0.444. The van der Waals surface area contributed by atoms with Crippen LogP contribution in [0.25, 0.3) is 0 Å². The molecular weight excluding hydrogens is 306 g/mol. The van der Waals surface area contributed by atoms with Gasteiger partial charge >= 0.3 is 0 Å². The van der Waals surface area contributed by atoms with Gasteiger partial charge in [0.25, 0.3) is 0 Å². The molecule has 6 heteroatoms. The maximum absolute atomic E-state index is 12.6. The summed E-state index contributed by atoms with van der Waals surface area (Å²) in [4.78, 5) is 41.6. The molecule has 0 aliphatic carbocycles. The summed E-state index contributed by atoms with van der Waals surface area (Å²) < 4.78 is 0. The van der Waals surface area contributed by atoms with E-state index in [2.05, 4.69) is 0 Å². The first kappa shape index (κ1) is 16.5. The second kappa shape index (κ2) is 6.63. The molecule has 2 heterocycles. The molecule has 0 N–H and O–H groups in total. The average molecular weight is 329 g/mol. The Kier molecular flexibility index (Phi) is 4.55. The zero-order valence-corrected chi connectivity index (χ0v) is 14.2. The zero-order chi connectivity index (χ0) is 17.3. The molecule has 2 fully saturated rings. The number of hydrogen-bond donors (Lipinski definition) is 0. The summed E-state index contributed by atoms with van der Waals surface area (Å²) in [5.41, 5.74) is 2.25. The van der Waals surface area contributed by atoms with Gasteiger partial charge in [-0.2, -0.15) is 0 Å². The maximum Gasteiger partial charge on any atom is 0.241 e. The third-order valence-electron chi connectivity index (χ3n) is 4.83. The van der Waals surface area contributed by atoms with E-state index in [1.165, 1.54) is 5.56 Å². The highest BCUT2D eigenvalue weighted by Crippen LogP contribution is 2.23. The summed E-state index contributed by atoms with van der Waals surface area (Å²) in [7, 11) is 1.74. The Morgan fingerprint density at radius 3 is 2.50 bits per heavy atom. The van der Waals surface area contributed by atoms with E-state index < -0.39 is 0 Å². The fraction of sp³-hybridized carbons (Fsp3) is 0.500. The third-order valence-corrected chi connectivity index (χ3v) is 4.83. The molecule has 1 aromatic rings. The number of hydrogen-bond acceptors (Lipinski definition) is 3. The van der Waals surface area contributed by atoms with Crippen LogP contribution in [0.3, 0.4) is 0 Å². The van der Waals surface area contributed by atoms with Crippen LogP contribution in [0.4, 0.5) is 0 Å². The molecule has 2 aliphatic heterocycles. The number of likely N-dealkylation sites (N-methyl/N-ethyl adjacent to an activating group) is 1. The van der Waals surface area contributed by atoms with Crippen LogP contribution in [0, 0.1) is 12.8 Å². The van der Waals surface area contributed by atoms with E-state index in [1.807, 2.05) is 31.2 Å². The second-order valence-electron chi connectivity index (χ2n) is 6.74. The monoisotopic (exact) mass is 329 g/mol. The maximum atomic E-state index is 12.6. The SMILES string of the molecule is Cc1ccc(CN2C[C@H](C(=O)N3CCN(C)C(=O)C3)CC2=O)cc1. The minimum absolute atomic E-state index is 0.00868. The number of likely N-dealkylation sites (tertiary alicyclic amines) is 1. The van der Waals surface area contributed by atoms with Crippen LogP contribution in [0.2, 0.25) is 0 Å². The van der Waals surface area contributed by atoms with Gasteiger partial charge in [-0.3, -0.25) is 14.4 Å². The second-order valence-corrected chi connectivity index (χ2v) is 6.74. The molecule has 6 nitrogen and oxygen atoms in total. The largest absolute Gasteiger partial charge is 0.342 e. The Balaban J connectivity index is 1.60. The summed E-state index contributed by atoms with van der Waals surface area (Å²) in [6.45, 7) is 4.22. The Morgan fingerprint density at radius 1 is 1.12 bits per heavy atom. The molecule has 1 aromatic carbocycles. The highest BCUT2D eigenvalue weighted by Gasteiger charge is 2.38. The quantitative estimate of drug-likeness (QED) is 0.818. The van der Waals surface area contributed by atoms with Crippen LogP contribution >= 0.6 is 0 Å². The van der Waals surface area contributed by atoms with Crippen LogP contribution in [0.5, 0.6) is 0 Å². The van der Waals surface area contributed by atoms with Crippen LogP contribution in [0.15, 0.2) is 24.3 Å². The van der Waals surface area contributed by atoms with Crippen molar-refractivity contribution in [1.82, 2.24) is 14.7 Å². The van der Waals surface area contributed by atoms with E-state index in [0.29, 0.717) is 26.2 Å². The van der Waals surface area contributed by atoms with Crippen molar-refractivity contribution < 1.29 is 14.4 Å². The Morgan fingerprint density at radius 2 is 1.83 bits per heavy atom. The molecule has 2 aliphatic rings. The number of amides is 3. The fourth-order valence-corrected chi connectivity index (χ4v) is 3.21. The number of nitrogens with zero attached hydrogens (tertiary/aromatic N) is 3. The van der Waals surface area contributed by atoms with Crippen LogP contribution < -0.4 is 0 Å². The minimum atomic E-state index is -0.334.